The van der Waals surface area contributed by atoms with Gasteiger partial charge < -0.3 is 4.90 Å². The van der Waals surface area contributed by atoms with Crippen LogP contribution in [0.2, 0.25) is 5.02 Å². The standard InChI is InChI=1S/C16H17ClN6O2S/c1-12-19-20-16-15(18-6-7-23(12)16)21-8-10-22(11-9-21)26(24,25)14-5-3-2-4-13(14)17/h2-7H,8-11H2,1H3. The van der Waals surface area contributed by atoms with E-state index in [9.17, 15) is 8.42 Å². The molecule has 1 aromatic carbocycles. The minimum absolute atomic E-state index is 0.142. The van der Waals surface area contributed by atoms with E-state index >= 15 is 0 Å². The Morgan fingerprint density at radius 2 is 1.81 bits per heavy atom. The quantitative estimate of drug-likeness (QED) is 0.673. The van der Waals surface area contributed by atoms with Crippen LogP contribution in [0, 0.1) is 6.92 Å². The first-order chi connectivity index (χ1) is 12.5. The molecule has 1 fully saturated rings. The van der Waals surface area contributed by atoms with Crippen molar-refractivity contribution in [1.29, 1.82) is 0 Å². The van der Waals surface area contributed by atoms with Gasteiger partial charge in [0, 0.05) is 38.6 Å². The molecule has 0 saturated carbocycles. The van der Waals surface area contributed by atoms with Crippen molar-refractivity contribution >= 4 is 33.1 Å². The molecule has 0 spiro atoms. The highest BCUT2D eigenvalue weighted by Crippen LogP contribution is 2.26. The second kappa shape index (κ2) is 6.49. The highest BCUT2D eigenvalue weighted by Gasteiger charge is 2.31. The summed E-state index contributed by atoms with van der Waals surface area (Å²) in [5.74, 6) is 1.49. The number of hydrogen-bond donors (Lipinski definition) is 0. The molecule has 1 aliphatic rings. The highest BCUT2D eigenvalue weighted by molar-refractivity contribution is 7.89. The van der Waals surface area contributed by atoms with Crippen molar-refractivity contribution in [2.24, 2.45) is 0 Å². The molecule has 0 radical (unpaired) electrons. The zero-order valence-corrected chi connectivity index (χ0v) is 15.7. The Labute approximate surface area is 156 Å². The van der Waals surface area contributed by atoms with E-state index in [0.717, 1.165) is 5.82 Å². The van der Waals surface area contributed by atoms with Crippen molar-refractivity contribution in [3.63, 3.8) is 0 Å². The Balaban J connectivity index is 1.57. The van der Waals surface area contributed by atoms with Gasteiger partial charge in [-0.3, -0.25) is 4.40 Å². The molecule has 136 valence electrons. The number of fused-ring (bicyclic) bond motifs is 1. The number of piperazine rings is 1. The summed E-state index contributed by atoms with van der Waals surface area (Å²) in [6.45, 7) is 3.61. The first-order valence-corrected chi connectivity index (χ1v) is 9.96. The molecule has 1 saturated heterocycles. The highest BCUT2D eigenvalue weighted by atomic mass is 35.5. The molecule has 1 aliphatic heterocycles. The third kappa shape index (κ3) is 2.81. The molecule has 0 unspecified atom stereocenters. The molecule has 0 bridgehead atoms. The van der Waals surface area contributed by atoms with Crippen LogP contribution in [0.15, 0.2) is 41.6 Å². The van der Waals surface area contributed by atoms with Crippen molar-refractivity contribution in [3.05, 3.63) is 47.5 Å². The van der Waals surface area contributed by atoms with Crippen LogP contribution in [-0.4, -0.2) is 58.5 Å². The zero-order valence-electron chi connectivity index (χ0n) is 14.1. The van der Waals surface area contributed by atoms with E-state index in [-0.39, 0.29) is 9.92 Å². The van der Waals surface area contributed by atoms with Crippen LogP contribution < -0.4 is 4.90 Å². The van der Waals surface area contributed by atoms with Crippen molar-refractivity contribution < 1.29 is 8.42 Å². The van der Waals surface area contributed by atoms with Gasteiger partial charge in [-0.25, -0.2) is 13.4 Å². The van der Waals surface area contributed by atoms with Gasteiger partial charge in [0.2, 0.25) is 15.7 Å². The summed E-state index contributed by atoms with van der Waals surface area (Å²) in [5.41, 5.74) is 0.674. The second-order valence-electron chi connectivity index (χ2n) is 6.01. The Hall–Kier alpha value is -2.23. The molecule has 4 rings (SSSR count). The average Bonchev–Trinajstić information content (AvgIpc) is 3.03. The number of nitrogens with zero attached hydrogens (tertiary/aromatic N) is 6. The maximum atomic E-state index is 12.8. The van der Waals surface area contributed by atoms with Gasteiger partial charge in [0.15, 0.2) is 5.82 Å². The van der Waals surface area contributed by atoms with Crippen LogP contribution in [0.5, 0.6) is 0 Å². The summed E-state index contributed by atoms with van der Waals surface area (Å²) in [6, 6.07) is 6.51. The monoisotopic (exact) mass is 392 g/mol. The van der Waals surface area contributed by atoms with Gasteiger partial charge in [-0.05, 0) is 19.1 Å². The number of sulfonamides is 1. The molecule has 2 aromatic heterocycles. The lowest BCUT2D eigenvalue weighted by Crippen LogP contribution is -2.49. The number of aryl methyl sites for hydroxylation is 1. The van der Waals surface area contributed by atoms with Crippen LogP contribution in [-0.2, 0) is 10.0 Å². The van der Waals surface area contributed by atoms with Gasteiger partial charge in [-0.2, -0.15) is 4.31 Å². The topological polar surface area (TPSA) is 83.7 Å². The Bertz CT molecular complexity index is 1060. The first kappa shape index (κ1) is 17.2. The fraction of sp³-hybridized carbons (Fsp3) is 0.312. The third-order valence-electron chi connectivity index (χ3n) is 4.47. The summed E-state index contributed by atoms with van der Waals surface area (Å²) in [7, 11) is -3.62. The van der Waals surface area contributed by atoms with E-state index in [0.29, 0.717) is 37.6 Å². The predicted octanol–water partition coefficient (Wildman–Crippen LogP) is 1.60. The number of halogens is 1. The van der Waals surface area contributed by atoms with E-state index in [1.54, 1.807) is 24.4 Å². The lowest BCUT2D eigenvalue weighted by Gasteiger charge is -2.34. The summed E-state index contributed by atoms with van der Waals surface area (Å²) in [4.78, 5) is 6.59. The maximum absolute atomic E-state index is 12.8. The fourth-order valence-electron chi connectivity index (χ4n) is 3.08. The summed E-state index contributed by atoms with van der Waals surface area (Å²) in [6.07, 6.45) is 3.51. The molecule has 8 nitrogen and oxygen atoms in total. The minimum atomic E-state index is -3.62. The van der Waals surface area contributed by atoms with Crippen LogP contribution >= 0.6 is 11.6 Å². The molecular weight excluding hydrogens is 376 g/mol. The molecule has 3 aromatic rings. The van der Waals surface area contributed by atoms with Crippen molar-refractivity contribution in [3.8, 4) is 0 Å². The lowest BCUT2D eigenvalue weighted by molar-refractivity contribution is 0.384. The smallest absolute Gasteiger partial charge is 0.244 e. The molecule has 0 atom stereocenters. The van der Waals surface area contributed by atoms with Crippen LogP contribution in [0.4, 0.5) is 5.82 Å². The van der Waals surface area contributed by atoms with Crippen molar-refractivity contribution in [2.45, 2.75) is 11.8 Å². The molecule has 3 heterocycles. The SMILES string of the molecule is Cc1nnc2c(N3CCN(S(=O)(=O)c4ccccc4Cl)CC3)nccn12. The maximum Gasteiger partial charge on any atom is 0.244 e. The van der Waals surface area contributed by atoms with E-state index in [2.05, 4.69) is 15.2 Å². The van der Waals surface area contributed by atoms with E-state index in [1.165, 1.54) is 10.4 Å². The van der Waals surface area contributed by atoms with Crippen molar-refractivity contribution in [2.75, 3.05) is 31.1 Å². The van der Waals surface area contributed by atoms with Crippen LogP contribution in [0.1, 0.15) is 5.82 Å². The number of anilines is 1. The molecule has 26 heavy (non-hydrogen) atoms. The first-order valence-electron chi connectivity index (χ1n) is 8.14. The van der Waals surface area contributed by atoms with E-state index in [4.69, 9.17) is 11.6 Å². The molecule has 0 N–H and O–H groups in total. The number of benzene rings is 1. The van der Waals surface area contributed by atoms with Crippen molar-refractivity contribution in [1.82, 2.24) is 23.9 Å². The van der Waals surface area contributed by atoms with Gasteiger partial charge >= 0.3 is 0 Å². The number of hydrogen-bond acceptors (Lipinski definition) is 6. The molecule has 10 heteroatoms. The summed E-state index contributed by atoms with van der Waals surface area (Å²) >= 11 is 6.08. The molecular formula is C16H17ClN6O2S. The predicted molar refractivity (Wildman–Crippen MR) is 97.9 cm³/mol. The molecule has 0 amide bonds. The molecule has 0 aliphatic carbocycles. The Morgan fingerprint density at radius 3 is 2.54 bits per heavy atom. The van der Waals surface area contributed by atoms with Crippen LogP contribution in [0.3, 0.4) is 0 Å². The third-order valence-corrected chi connectivity index (χ3v) is 6.87. The summed E-state index contributed by atoms with van der Waals surface area (Å²) < 4.78 is 29.0. The normalized spacial score (nSPS) is 16.3. The Morgan fingerprint density at radius 1 is 1.08 bits per heavy atom. The van der Waals surface area contributed by atoms with Crippen LogP contribution in [0.25, 0.3) is 5.65 Å². The van der Waals surface area contributed by atoms with Gasteiger partial charge in [0.05, 0.1) is 5.02 Å². The van der Waals surface area contributed by atoms with Gasteiger partial charge in [-0.15, -0.1) is 10.2 Å². The van der Waals surface area contributed by atoms with Gasteiger partial charge in [0.25, 0.3) is 0 Å². The largest absolute Gasteiger partial charge is 0.351 e. The number of rotatable bonds is 3. The minimum Gasteiger partial charge on any atom is -0.351 e. The summed E-state index contributed by atoms with van der Waals surface area (Å²) in [5, 5.41) is 8.50. The second-order valence-corrected chi connectivity index (χ2v) is 8.33. The lowest BCUT2D eigenvalue weighted by atomic mass is 10.3. The Kier molecular flexibility index (Phi) is 4.29. The van der Waals surface area contributed by atoms with Gasteiger partial charge in [0.1, 0.15) is 10.7 Å². The fourth-order valence-corrected chi connectivity index (χ4v) is 5.00. The average molecular weight is 393 g/mol. The van der Waals surface area contributed by atoms with Gasteiger partial charge in [-0.1, -0.05) is 23.7 Å². The van der Waals surface area contributed by atoms with E-state index < -0.39 is 10.0 Å². The zero-order chi connectivity index (χ0) is 18.3. The number of aromatic nitrogens is 4. The van der Waals surface area contributed by atoms with E-state index in [1.807, 2.05) is 22.4 Å².